The fourth-order valence-corrected chi connectivity index (χ4v) is 2.52. The van der Waals surface area contributed by atoms with Crippen molar-refractivity contribution in [2.45, 2.75) is 12.9 Å². The fourth-order valence-electron chi connectivity index (χ4n) is 2.12. The zero-order chi connectivity index (χ0) is 19.6. The van der Waals surface area contributed by atoms with E-state index in [0.717, 1.165) is 16.8 Å². The molecule has 0 saturated heterocycles. The lowest BCUT2D eigenvalue weighted by Gasteiger charge is -2.09. The number of pyridine rings is 1. The molecule has 0 unspecified atom stereocenters. The van der Waals surface area contributed by atoms with E-state index in [1.165, 1.54) is 12.1 Å². The van der Waals surface area contributed by atoms with Crippen LogP contribution in [0.1, 0.15) is 15.9 Å². The molecule has 11 heteroatoms. The number of benzene rings is 1. The van der Waals surface area contributed by atoms with E-state index >= 15 is 0 Å². The van der Waals surface area contributed by atoms with E-state index in [0.29, 0.717) is 10.5 Å². The zero-order valence-electron chi connectivity index (χ0n) is 13.2. The van der Waals surface area contributed by atoms with Crippen molar-refractivity contribution >= 4 is 21.9 Å². The van der Waals surface area contributed by atoms with E-state index in [2.05, 4.69) is 30.6 Å². The number of hydrogen-bond donors (Lipinski definition) is 0. The van der Waals surface area contributed by atoms with Gasteiger partial charge < -0.3 is 4.74 Å². The quantitative estimate of drug-likeness (QED) is 0.573. The molecule has 0 N–H and O–H groups in total. The summed E-state index contributed by atoms with van der Waals surface area (Å²) in [5, 5.41) is 3.42. The van der Waals surface area contributed by atoms with Crippen LogP contribution >= 0.6 is 15.9 Å². The SMILES string of the molecule is O=C(OCn1c(-c2cc(C(F)(F)F)ccn2)noc1=O)c1cccc(Br)c1. The molecule has 0 atom stereocenters. The van der Waals surface area contributed by atoms with E-state index in [1.54, 1.807) is 12.1 Å². The van der Waals surface area contributed by atoms with E-state index in [1.807, 2.05) is 0 Å². The Kier molecular flexibility index (Phi) is 5.13. The Labute approximate surface area is 157 Å². The number of rotatable bonds is 4. The molecule has 0 amide bonds. The number of carbonyl (C=O) groups excluding carboxylic acids is 1. The normalized spacial score (nSPS) is 11.4. The molecular formula is C16H9BrF3N3O4. The maximum atomic E-state index is 12.9. The van der Waals surface area contributed by atoms with Crippen molar-refractivity contribution in [1.82, 2.24) is 14.7 Å². The molecule has 0 spiro atoms. The van der Waals surface area contributed by atoms with Gasteiger partial charge in [-0.15, -0.1) is 0 Å². The van der Waals surface area contributed by atoms with Crippen molar-refractivity contribution in [3.05, 3.63) is 68.7 Å². The summed E-state index contributed by atoms with van der Waals surface area (Å²) in [5.41, 5.74) is -1.01. The Morgan fingerprint density at radius 1 is 1.26 bits per heavy atom. The molecule has 0 aliphatic carbocycles. The van der Waals surface area contributed by atoms with Crippen LogP contribution < -0.4 is 5.76 Å². The molecule has 140 valence electrons. The number of carbonyl (C=O) groups is 1. The van der Waals surface area contributed by atoms with Crippen LogP contribution in [0.3, 0.4) is 0 Å². The molecule has 27 heavy (non-hydrogen) atoms. The van der Waals surface area contributed by atoms with Crippen molar-refractivity contribution in [3.63, 3.8) is 0 Å². The van der Waals surface area contributed by atoms with Crippen molar-refractivity contribution in [3.8, 4) is 11.5 Å². The summed E-state index contributed by atoms with van der Waals surface area (Å²) >= 11 is 3.21. The topological polar surface area (TPSA) is 87.2 Å². The van der Waals surface area contributed by atoms with Crippen LogP contribution in [0.25, 0.3) is 11.5 Å². The minimum Gasteiger partial charge on any atom is -0.440 e. The minimum atomic E-state index is -4.60. The van der Waals surface area contributed by atoms with Gasteiger partial charge in [0.25, 0.3) is 0 Å². The Hall–Kier alpha value is -2.95. The molecule has 2 heterocycles. The third kappa shape index (κ3) is 4.25. The zero-order valence-corrected chi connectivity index (χ0v) is 14.8. The lowest BCUT2D eigenvalue weighted by molar-refractivity contribution is -0.137. The van der Waals surface area contributed by atoms with E-state index < -0.39 is 30.2 Å². The Balaban J connectivity index is 1.86. The molecule has 3 aromatic rings. The minimum absolute atomic E-state index is 0.215. The first-order valence-electron chi connectivity index (χ1n) is 7.28. The Morgan fingerprint density at radius 2 is 2.04 bits per heavy atom. The van der Waals surface area contributed by atoms with E-state index in [9.17, 15) is 22.8 Å². The van der Waals surface area contributed by atoms with Gasteiger partial charge in [0.05, 0.1) is 11.1 Å². The number of nitrogens with zero attached hydrogens (tertiary/aromatic N) is 3. The van der Waals surface area contributed by atoms with Gasteiger partial charge >= 0.3 is 17.9 Å². The highest BCUT2D eigenvalue weighted by Crippen LogP contribution is 2.30. The summed E-state index contributed by atoms with van der Waals surface area (Å²) in [6.45, 7) is -0.610. The van der Waals surface area contributed by atoms with Gasteiger partial charge in [0, 0.05) is 10.7 Å². The second-order valence-electron chi connectivity index (χ2n) is 5.20. The van der Waals surface area contributed by atoms with Gasteiger partial charge in [-0.1, -0.05) is 27.2 Å². The molecule has 0 fully saturated rings. The number of alkyl halides is 3. The first kappa shape index (κ1) is 18.8. The monoisotopic (exact) mass is 443 g/mol. The molecule has 0 saturated carbocycles. The summed E-state index contributed by atoms with van der Waals surface area (Å²) < 4.78 is 49.5. The smallest absolute Gasteiger partial charge is 0.440 e. The molecule has 0 aliphatic rings. The predicted molar refractivity (Wildman–Crippen MR) is 88.6 cm³/mol. The summed E-state index contributed by atoms with van der Waals surface area (Å²) in [7, 11) is 0. The molecule has 3 rings (SSSR count). The number of aromatic nitrogens is 3. The highest BCUT2D eigenvalue weighted by Gasteiger charge is 2.31. The summed E-state index contributed by atoms with van der Waals surface area (Å²) in [6.07, 6.45) is -3.67. The van der Waals surface area contributed by atoms with Gasteiger partial charge in [-0.25, -0.2) is 14.2 Å². The molecule has 7 nitrogen and oxygen atoms in total. The molecule has 0 aliphatic heterocycles. The highest BCUT2D eigenvalue weighted by atomic mass is 79.9. The van der Waals surface area contributed by atoms with Gasteiger partial charge in [0.15, 0.2) is 6.73 Å². The second kappa shape index (κ2) is 7.35. The standard InChI is InChI=1S/C16H9BrF3N3O4/c17-11-3-1-2-9(6-11)14(24)26-8-23-13(22-27-15(23)25)12-7-10(4-5-21-12)16(18,19)20/h1-7H,8H2. The van der Waals surface area contributed by atoms with Gasteiger partial charge in [-0.3, -0.25) is 9.51 Å². The first-order chi connectivity index (χ1) is 12.8. The molecule has 0 bridgehead atoms. The predicted octanol–water partition coefficient (Wildman–Crippen LogP) is 3.49. The van der Waals surface area contributed by atoms with Crippen LogP contribution in [0, 0.1) is 0 Å². The largest absolute Gasteiger partial charge is 0.444 e. The van der Waals surface area contributed by atoms with Crippen LogP contribution in [-0.4, -0.2) is 20.7 Å². The second-order valence-corrected chi connectivity index (χ2v) is 6.11. The van der Waals surface area contributed by atoms with Crippen LogP contribution in [0.4, 0.5) is 13.2 Å². The maximum Gasteiger partial charge on any atom is 0.444 e. The van der Waals surface area contributed by atoms with Crippen LogP contribution in [0.5, 0.6) is 0 Å². The molecule has 1 aromatic carbocycles. The maximum absolute atomic E-state index is 12.9. The van der Waals surface area contributed by atoms with Gasteiger partial charge in [-0.2, -0.15) is 13.2 Å². The fraction of sp³-hybridized carbons (Fsp3) is 0.125. The Bertz CT molecular complexity index is 1050. The third-order valence-electron chi connectivity index (χ3n) is 3.39. The van der Waals surface area contributed by atoms with E-state index in [-0.39, 0.29) is 17.1 Å². The number of halogens is 4. The van der Waals surface area contributed by atoms with Crippen molar-refractivity contribution in [2.75, 3.05) is 0 Å². The summed E-state index contributed by atoms with van der Waals surface area (Å²) in [5.74, 6) is -2.05. The first-order valence-corrected chi connectivity index (χ1v) is 8.08. The average Bonchev–Trinajstić information content (AvgIpc) is 2.99. The van der Waals surface area contributed by atoms with Crippen LogP contribution in [-0.2, 0) is 17.6 Å². The Morgan fingerprint density at radius 3 is 2.74 bits per heavy atom. The van der Waals surface area contributed by atoms with Gasteiger partial charge in [0.1, 0.15) is 5.69 Å². The molecule has 0 radical (unpaired) electrons. The van der Waals surface area contributed by atoms with Crippen molar-refractivity contribution in [1.29, 1.82) is 0 Å². The highest BCUT2D eigenvalue weighted by molar-refractivity contribution is 9.10. The summed E-state index contributed by atoms with van der Waals surface area (Å²) in [6, 6.07) is 7.82. The van der Waals surface area contributed by atoms with Crippen molar-refractivity contribution in [2.24, 2.45) is 0 Å². The summed E-state index contributed by atoms with van der Waals surface area (Å²) in [4.78, 5) is 27.6. The molecular weight excluding hydrogens is 435 g/mol. The van der Waals surface area contributed by atoms with Crippen LogP contribution in [0.15, 0.2) is 56.4 Å². The van der Waals surface area contributed by atoms with Crippen molar-refractivity contribution < 1.29 is 27.2 Å². The van der Waals surface area contributed by atoms with Crippen LogP contribution in [0.2, 0.25) is 0 Å². The third-order valence-corrected chi connectivity index (χ3v) is 3.88. The van der Waals surface area contributed by atoms with E-state index in [4.69, 9.17) is 4.74 Å². The number of ether oxygens (including phenoxy) is 1. The molecule has 2 aromatic heterocycles. The van der Waals surface area contributed by atoms with Gasteiger partial charge in [-0.05, 0) is 30.3 Å². The van der Waals surface area contributed by atoms with Gasteiger partial charge in [0.2, 0.25) is 5.82 Å². The lowest BCUT2D eigenvalue weighted by atomic mass is 10.2. The average molecular weight is 444 g/mol. The number of esters is 1. The number of hydrogen-bond acceptors (Lipinski definition) is 6. The lowest BCUT2D eigenvalue weighted by Crippen LogP contribution is -2.20.